The van der Waals surface area contributed by atoms with E-state index in [-0.39, 0.29) is 0 Å². The summed E-state index contributed by atoms with van der Waals surface area (Å²) in [5, 5.41) is 4.73. The van der Waals surface area contributed by atoms with Gasteiger partial charge < -0.3 is 5.32 Å². The number of benzene rings is 1. The molecule has 18 heavy (non-hydrogen) atoms. The van der Waals surface area contributed by atoms with Crippen molar-refractivity contribution in [1.29, 1.82) is 0 Å². The first-order valence-electron chi connectivity index (χ1n) is 6.45. The second-order valence-electron chi connectivity index (χ2n) is 5.05. The number of rotatable bonds is 4. The minimum absolute atomic E-state index is 0.358. The zero-order chi connectivity index (χ0) is 13.1. The average Bonchev–Trinajstić information content (AvgIpc) is 2.77. The Bertz CT molecular complexity index is 409. The van der Waals surface area contributed by atoms with Crippen molar-refractivity contribution in [3.8, 4) is 0 Å². The van der Waals surface area contributed by atoms with Crippen LogP contribution in [0.25, 0.3) is 0 Å². The predicted molar refractivity (Wildman–Crippen MR) is 78.5 cm³/mol. The van der Waals surface area contributed by atoms with Gasteiger partial charge in [-0.2, -0.15) is 0 Å². The van der Waals surface area contributed by atoms with Crippen molar-refractivity contribution in [2.24, 2.45) is 5.92 Å². The molecule has 1 aliphatic rings. The molecular weight excluding hydrogens is 267 g/mol. The van der Waals surface area contributed by atoms with Crippen LogP contribution >= 0.6 is 23.2 Å². The third-order valence-corrected chi connectivity index (χ3v) is 4.33. The zero-order valence-electron chi connectivity index (χ0n) is 10.9. The van der Waals surface area contributed by atoms with E-state index >= 15 is 0 Å². The Morgan fingerprint density at radius 3 is 2.89 bits per heavy atom. The lowest BCUT2D eigenvalue weighted by molar-refractivity contribution is 0.252. The third kappa shape index (κ3) is 3.18. The molecule has 0 radical (unpaired) electrons. The Morgan fingerprint density at radius 1 is 1.44 bits per heavy atom. The van der Waals surface area contributed by atoms with Gasteiger partial charge in [0.05, 0.1) is 0 Å². The van der Waals surface area contributed by atoms with Crippen LogP contribution in [-0.2, 0) is 0 Å². The quantitative estimate of drug-likeness (QED) is 0.910. The molecule has 0 aromatic heterocycles. The summed E-state index contributed by atoms with van der Waals surface area (Å²) in [6, 6.07) is 6.15. The van der Waals surface area contributed by atoms with E-state index in [0.717, 1.165) is 30.6 Å². The van der Waals surface area contributed by atoms with Gasteiger partial charge in [0, 0.05) is 22.6 Å². The fourth-order valence-electron chi connectivity index (χ4n) is 2.71. The van der Waals surface area contributed by atoms with Crippen LogP contribution in [0.15, 0.2) is 18.2 Å². The van der Waals surface area contributed by atoms with E-state index in [1.165, 1.54) is 12.0 Å². The maximum atomic E-state index is 6.28. The number of nitrogens with zero attached hydrogens (tertiary/aromatic N) is 1. The fraction of sp³-hybridized carbons (Fsp3) is 0.571. The summed E-state index contributed by atoms with van der Waals surface area (Å²) in [6.07, 6.45) is 1.26. The van der Waals surface area contributed by atoms with Gasteiger partial charge in [-0.05, 0) is 57.1 Å². The van der Waals surface area contributed by atoms with E-state index in [1.54, 1.807) is 0 Å². The van der Waals surface area contributed by atoms with Crippen LogP contribution in [-0.4, -0.2) is 31.6 Å². The second-order valence-corrected chi connectivity index (χ2v) is 5.89. The van der Waals surface area contributed by atoms with E-state index < -0.39 is 0 Å². The smallest absolute Gasteiger partial charge is 0.0468 e. The summed E-state index contributed by atoms with van der Waals surface area (Å²) in [5.74, 6) is 0.753. The highest BCUT2D eigenvalue weighted by molar-refractivity contribution is 6.35. The molecule has 1 saturated heterocycles. The summed E-state index contributed by atoms with van der Waals surface area (Å²) in [4.78, 5) is 2.50. The van der Waals surface area contributed by atoms with Crippen molar-refractivity contribution in [2.45, 2.75) is 19.4 Å². The number of hydrogen-bond donors (Lipinski definition) is 1. The molecule has 0 saturated carbocycles. The van der Waals surface area contributed by atoms with Crippen molar-refractivity contribution in [1.82, 2.24) is 10.2 Å². The van der Waals surface area contributed by atoms with Gasteiger partial charge in [0.25, 0.3) is 0 Å². The van der Waals surface area contributed by atoms with Crippen molar-refractivity contribution in [3.63, 3.8) is 0 Å². The highest BCUT2D eigenvalue weighted by Gasteiger charge is 2.27. The lowest BCUT2D eigenvalue weighted by atomic mass is 10.1. The Hall–Kier alpha value is -0.280. The van der Waals surface area contributed by atoms with E-state index in [2.05, 4.69) is 17.1 Å². The molecule has 0 amide bonds. The highest BCUT2D eigenvalue weighted by atomic mass is 35.5. The van der Waals surface area contributed by atoms with Crippen molar-refractivity contribution in [3.05, 3.63) is 33.8 Å². The van der Waals surface area contributed by atoms with Gasteiger partial charge >= 0.3 is 0 Å². The first-order chi connectivity index (χ1) is 8.61. The molecule has 2 unspecified atom stereocenters. The predicted octanol–water partition coefficient (Wildman–Crippen LogP) is 3.60. The van der Waals surface area contributed by atoms with Crippen molar-refractivity contribution in [2.75, 3.05) is 26.7 Å². The molecule has 100 valence electrons. The molecule has 2 nitrogen and oxygen atoms in total. The minimum Gasteiger partial charge on any atom is -0.319 e. The van der Waals surface area contributed by atoms with E-state index in [9.17, 15) is 0 Å². The fourth-order valence-corrected chi connectivity index (χ4v) is 3.27. The van der Waals surface area contributed by atoms with Gasteiger partial charge in [0.15, 0.2) is 0 Å². The van der Waals surface area contributed by atoms with E-state index in [0.29, 0.717) is 11.1 Å². The monoisotopic (exact) mass is 286 g/mol. The van der Waals surface area contributed by atoms with Crippen molar-refractivity contribution < 1.29 is 0 Å². The summed E-state index contributed by atoms with van der Waals surface area (Å²) in [6.45, 7) is 5.60. The SMILES string of the molecule is CNCC1CCN(C(C)c2ccc(Cl)cc2Cl)C1. The molecule has 0 aliphatic carbocycles. The molecule has 2 rings (SSSR count). The first kappa shape index (κ1) is 14.1. The molecule has 4 heteroatoms. The summed E-state index contributed by atoms with van der Waals surface area (Å²) >= 11 is 12.2. The molecule has 0 spiro atoms. The van der Waals surface area contributed by atoms with E-state index in [1.807, 2.05) is 25.2 Å². The van der Waals surface area contributed by atoms with Gasteiger partial charge in [-0.3, -0.25) is 4.90 Å². The maximum absolute atomic E-state index is 6.28. The maximum Gasteiger partial charge on any atom is 0.0468 e. The lowest BCUT2D eigenvalue weighted by Crippen LogP contribution is -2.27. The second kappa shape index (κ2) is 6.25. The highest BCUT2D eigenvalue weighted by Crippen LogP contribution is 2.32. The Morgan fingerprint density at radius 2 is 2.22 bits per heavy atom. The van der Waals surface area contributed by atoms with Gasteiger partial charge in [0.1, 0.15) is 0 Å². The molecule has 1 aromatic carbocycles. The summed E-state index contributed by atoms with van der Waals surface area (Å²) < 4.78 is 0. The topological polar surface area (TPSA) is 15.3 Å². The number of likely N-dealkylation sites (tertiary alicyclic amines) is 1. The Labute approximate surface area is 119 Å². The Balaban J connectivity index is 2.05. The average molecular weight is 287 g/mol. The normalized spacial score (nSPS) is 22.3. The van der Waals surface area contributed by atoms with Gasteiger partial charge in [-0.25, -0.2) is 0 Å². The molecule has 1 fully saturated rings. The van der Waals surface area contributed by atoms with Crippen LogP contribution in [0.3, 0.4) is 0 Å². The molecule has 1 aromatic rings. The van der Waals surface area contributed by atoms with Crippen molar-refractivity contribution >= 4 is 23.2 Å². The Kier molecular flexibility index (Phi) is 4.91. The van der Waals surface area contributed by atoms with Crippen LogP contribution < -0.4 is 5.32 Å². The van der Waals surface area contributed by atoms with Crippen LogP contribution in [0.4, 0.5) is 0 Å². The summed E-state index contributed by atoms with van der Waals surface area (Å²) in [7, 11) is 2.02. The molecule has 1 heterocycles. The minimum atomic E-state index is 0.358. The molecular formula is C14H20Cl2N2. The van der Waals surface area contributed by atoms with Crippen LogP contribution in [0.1, 0.15) is 24.9 Å². The first-order valence-corrected chi connectivity index (χ1v) is 7.21. The molecule has 1 N–H and O–H groups in total. The number of nitrogens with one attached hydrogen (secondary N) is 1. The van der Waals surface area contributed by atoms with Crippen LogP contribution in [0, 0.1) is 5.92 Å². The summed E-state index contributed by atoms with van der Waals surface area (Å²) in [5.41, 5.74) is 1.17. The van der Waals surface area contributed by atoms with Crippen LogP contribution in [0.2, 0.25) is 10.0 Å². The largest absolute Gasteiger partial charge is 0.319 e. The van der Waals surface area contributed by atoms with Crippen LogP contribution in [0.5, 0.6) is 0 Å². The lowest BCUT2D eigenvalue weighted by Gasteiger charge is -2.25. The standard InChI is InChI=1S/C14H20Cl2N2/c1-10(13-4-3-12(15)7-14(13)16)18-6-5-11(9-18)8-17-2/h3-4,7,10-11,17H,5-6,8-9H2,1-2H3. The van der Waals surface area contributed by atoms with E-state index in [4.69, 9.17) is 23.2 Å². The van der Waals surface area contributed by atoms with Gasteiger partial charge in [0.2, 0.25) is 0 Å². The molecule has 0 bridgehead atoms. The molecule has 1 aliphatic heterocycles. The zero-order valence-corrected chi connectivity index (χ0v) is 12.4. The molecule has 2 atom stereocenters. The number of halogens is 2. The van der Waals surface area contributed by atoms with Gasteiger partial charge in [-0.15, -0.1) is 0 Å². The third-order valence-electron chi connectivity index (χ3n) is 3.77. The van der Waals surface area contributed by atoms with Gasteiger partial charge in [-0.1, -0.05) is 29.3 Å². The number of hydrogen-bond acceptors (Lipinski definition) is 2.